The van der Waals surface area contributed by atoms with Gasteiger partial charge in [0.2, 0.25) is 0 Å². The fraction of sp³-hybridized carbons (Fsp3) is 0.250. The third-order valence-corrected chi connectivity index (χ3v) is 1.55. The lowest BCUT2D eigenvalue weighted by atomic mass is 9.79. The second-order valence-electron chi connectivity index (χ2n) is 2.45. The molecule has 58 valence electrons. The molecule has 3 heteroatoms. The van der Waals surface area contributed by atoms with Crippen molar-refractivity contribution in [3.8, 4) is 0 Å². The Morgan fingerprint density at radius 2 is 2.09 bits per heavy atom. The molecule has 0 aliphatic rings. The van der Waals surface area contributed by atoms with Gasteiger partial charge in [-0.25, -0.2) is 0 Å². The highest BCUT2D eigenvalue weighted by atomic mass is 16.4. The maximum Gasteiger partial charge on any atom is 0.488 e. The Kier molecular flexibility index (Phi) is 1.38. The average molecular weight is 153 g/mol. The van der Waals surface area contributed by atoms with Crippen molar-refractivity contribution in [1.29, 1.82) is 0 Å². The first-order valence-electron chi connectivity index (χ1n) is 4.79. The minimum Gasteiger partial charge on any atom is -0.423 e. The molecule has 0 atom stereocenters. The van der Waals surface area contributed by atoms with E-state index < -0.39 is 14.0 Å². The lowest BCUT2D eigenvalue weighted by molar-refractivity contribution is 0.425. The average Bonchev–Trinajstić information content (AvgIpc) is 2.01. The van der Waals surface area contributed by atoms with E-state index in [1.54, 1.807) is 6.92 Å². The van der Waals surface area contributed by atoms with Crippen LogP contribution in [-0.2, 0) is 0 Å². The monoisotopic (exact) mass is 153 g/mol. The summed E-state index contributed by atoms with van der Waals surface area (Å²) in [6.07, 6.45) is 0. The van der Waals surface area contributed by atoms with Crippen molar-refractivity contribution in [1.82, 2.24) is 0 Å². The summed E-state index contributed by atoms with van der Waals surface area (Å²) in [5, 5.41) is 17.7. The van der Waals surface area contributed by atoms with Crippen LogP contribution in [0.1, 0.15) is 15.2 Å². The van der Waals surface area contributed by atoms with E-state index >= 15 is 0 Å². The van der Waals surface area contributed by atoms with E-state index in [-0.39, 0.29) is 5.56 Å². The molecule has 0 unspecified atom stereocenters. The Bertz CT molecular complexity index is 336. The van der Waals surface area contributed by atoms with Crippen LogP contribution in [-0.4, -0.2) is 17.2 Å². The Hall–Kier alpha value is -0.795. The molecule has 0 heterocycles. The Morgan fingerprint density at radius 1 is 1.36 bits per heavy atom. The van der Waals surface area contributed by atoms with E-state index in [9.17, 15) is 0 Å². The Balaban J connectivity index is 3.15. The van der Waals surface area contributed by atoms with Crippen molar-refractivity contribution in [2.45, 2.75) is 13.8 Å². The first-order valence-corrected chi connectivity index (χ1v) is 3.29. The van der Waals surface area contributed by atoms with Crippen LogP contribution in [0.4, 0.5) is 0 Å². The molecule has 0 saturated carbocycles. The largest absolute Gasteiger partial charge is 0.488 e. The SMILES string of the molecule is [2H]C([2H])([2H])c1ccc(B(O)O)cc1C. The van der Waals surface area contributed by atoms with E-state index in [0.717, 1.165) is 0 Å². The fourth-order valence-corrected chi connectivity index (χ4v) is 0.847. The highest BCUT2D eigenvalue weighted by Crippen LogP contribution is 2.02. The summed E-state index contributed by atoms with van der Waals surface area (Å²) in [7, 11) is -1.56. The molecule has 0 spiro atoms. The summed E-state index contributed by atoms with van der Waals surface area (Å²) in [4.78, 5) is 0. The molecular formula is C8H11BO2. The first-order chi connectivity index (χ1) is 6.32. The van der Waals surface area contributed by atoms with Crippen LogP contribution in [0.5, 0.6) is 0 Å². The van der Waals surface area contributed by atoms with Gasteiger partial charge in [0.1, 0.15) is 0 Å². The molecule has 0 bridgehead atoms. The van der Waals surface area contributed by atoms with Gasteiger partial charge in [-0.1, -0.05) is 18.2 Å². The van der Waals surface area contributed by atoms with Gasteiger partial charge in [0.15, 0.2) is 0 Å². The van der Waals surface area contributed by atoms with E-state index in [1.807, 2.05) is 0 Å². The summed E-state index contributed by atoms with van der Waals surface area (Å²) in [5.41, 5.74) is 1.08. The summed E-state index contributed by atoms with van der Waals surface area (Å²) in [6, 6.07) is 4.27. The van der Waals surface area contributed by atoms with Crippen LogP contribution in [0.15, 0.2) is 18.2 Å². The molecule has 11 heavy (non-hydrogen) atoms. The molecule has 1 aromatic rings. The third kappa shape index (κ3) is 1.82. The lowest BCUT2D eigenvalue weighted by Gasteiger charge is -2.02. The van der Waals surface area contributed by atoms with Crippen molar-refractivity contribution in [3.63, 3.8) is 0 Å². The predicted molar refractivity (Wildman–Crippen MR) is 45.7 cm³/mol. The standard InChI is InChI=1S/C8H11BO2/c1-6-3-4-8(9(10)11)5-7(6)2/h3-5,10-11H,1-2H3/i1D3. The van der Waals surface area contributed by atoms with Crippen LogP contribution in [0.2, 0.25) is 0 Å². The van der Waals surface area contributed by atoms with Gasteiger partial charge in [-0.05, 0) is 30.4 Å². The topological polar surface area (TPSA) is 40.5 Å². The minimum atomic E-state index is -2.15. The highest BCUT2D eigenvalue weighted by molar-refractivity contribution is 6.58. The Labute approximate surface area is 70.9 Å². The van der Waals surface area contributed by atoms with Crippen LogP contribution in [0.25, 0.3) is 0 Å². The van der Waals surface area contributed by atoms with Crippen molar-refractivity contribution < 1.29 is 14.2 Å². The van der Waals surface area contributed by atoms with Gasteiger partial charge in [0.25, 0.3) is 0 Å². The van der Waals surface area contributed by atoms with Gasteiger partial charge in [0.05, 0.1) is 0 Å². The molecule has 0 amide bonds. The molecule has 2 N–H and O–H groups in total. The van der Waals surface area contributed by atoms with Gasteiger partial charge in [-0.3, -0.25) is 0 Å². The zero-order valence-electron chi connectivity index (χ0n) is 9.20. The van der Waals surface area contributed by atoms with Crippen molar-refractivity contribution in [2.75, 3.05) is 0 Å². The molecule has 0 fully saturated rings. The summed E-state index contributed by atoms with van der Waals surface area (Å²) < 4.78 is 21.6. The van der Waals surface area contributed by atoms with Crippen LogP contribution >= 0.6 is 0 Å². The molecule has 0 aliphatic heterocycles. The van der Waals surface area contributed by atoms with Crippen molar-refractivity contribution in [2.24, 2.45) is 0 Å². The van der Waals surface area contributed by atoms with E-state index in [2.05, 4.69) is 0 Å². The molecular weight excluding hydrogens is 139 g/mol. The molecule has 1 rings (SSSR count). The van der Waals surface area contributed by atoms with Gasteiger partial charge < -0.3 is 10.0 Å². The molecule has 0 aromatic heterocycles. The number of hydrogen-bond acceptors (Lipinski definition) is 2. The van der Waals surface area contributed by atoms with Crippen LogP contribution < -0.4 is 5.46 Å². The third-order valence-electron chi connectivity index (χ3n) is 1.55. The highest BCUT2D eigenvalue weighted by Gasteiger charge is 2.10. The summed E-state index contributed by atoms with van der Waals surface area (Å²) >= 11 is 0. The molecule has 2 nitrogen and oxygen atoms in total. The predicted octanol–water partition coefficient (Wildman–Crippen LogP) is -0.0168. The van der Waals surface area contributed by atoms with E-state index in [4.69, 9.17) is 14.2 Å². The molecule has 1 aromatic carbocycles. The van der Waals surface area contributed by atoms with Gasteiger partial charge in [-0.2, -0.15) is 0 Å². The van der Waals surface area contributed by atoms with Gasteiger partial charge in [-0.15, -0.1) is 0 Å². The van der Waals surface area contributed by atoms with Crippen LogP contribution in [0.3, 0.4) is 0 Å². The van der Waals surface area contributed by atoms with Crippen molar-refractivity contribution in [3.05, 3.63) is 29.3 Å². The minimum absolute atomic E-state index is 0.238. The maximum atomic E-state index is 8.86. The quantitative estimate of drug-likeness (QED) is 0.556. The first kappa shape index (κ1) is 4.96. The Morgan fingerprint density at radius 3 is 2.55 bits per heavy atom. The zero-order chi connectivity index (χ0) is 10.9. The van der Waals surface area contributed by atoms with Gasteiger partial charge in [0, 0.05) is 4.11 Å². The maximum absolute atomic E-state index is 8.86. The number of aryl methyl sites for hydroxylation is 2. The van der Waals surface area contributed by atoms with Crippen molar-refractivity contribution >= 4 is 12.6 Å². The smallest absolute Gasteiger partial charge is 0.423 e. The normalized spacial score (nSPS) is 15.0. The molecule has 0 aliphatic carbocycles. The van der Waals surface area contributed by atoms with Crippen LogP contribution in [0, 0.1) is 13.8 Å². The van der Waals surface area contributed by atoms with E-state index in [0.29, 0.717) is 11.0 Å². The number of hydrogen-bond donors (Lipinski definition) is 2. The number of benzene rings is 1. The summed E-state index contributed by atoms with van der Waals surface area (Å²) in [6.45, 7) is -0.517. The second-order valence-corrected chi connectivity index (χ2v) is 2.45. The molecule has 0 saturated heterocycles. The lowest BCUT2D eigenvalue weighted by Crippen LogP contribution is -2.29. The van der Waals surface area contributed by atoms with Gasteiger partial charge >= 0.3 is 7.12 Å². The number of rotatable bonds is 1. The molecule has 0 radical (unpaired) electrons. The van der Waals surface area contributed by atoms with E-state index in [1.165, 1.54) is 18.2 Å². The summed E-state index contributed by atoms with van der Waals surface area (Å²) in [5.74, 6) is 0. The zero-order valence-corrected chi connectivity index (χ0v) is 6.20. The second kappa shape index (κ2) is 3.07. The fourth-order valence-electron chi connectivity index (χ4n) is 0.847.